The lowest BCUT2D eigenvalue weighted by Crippen LogP contribution is -2.41. The molecule has 2 rings (SSSR count). The molecule has 14 heavy (non-hydrogen) atoms. The molecule has 2 heteroatoms. The highest BCUT2D eigenvalue weighted by Gasteiger charge is 2.01. The minimum atomic E-state index is 0.517. The van der Waals surface area contributed by atoms with E-state index >= 15 is 0 Å². The highest BCUT2D eigenvalue weighted by molar-refractivity contribution is 5.80. The molecular formula is C12H12NO+. The molecule has 2 nitrogen and oxygen atoms in total. The molecule has 0 aliphatic heterocycles. The zero-order valence-corrected chi connectivity index (χ0v) is 7.89. The minimum Gasteiger partial charge on any atom is -0.267 e. The van der Waals surface area contributed by atoms with Crippen molar-refractivity contribution in [3.05, 3.63) is 55.4 Å². The summed E-state index contributed by atoms with van der Waals surface area (Å²) < 4.78 is 1.70. The molecule has 0 spiro atoms. The van der Waals surface area contributed by atoms with Gasteiger partial charge in [-0.1, -0.05) is 24.8 Å². The van der Waals surface area contributed by atoms with Crippen LogP contribution in [0.25, 0.3) is 10.8 Å². The van der Waals surface area contributed by atoms with Gasteiger partial charge in [-0.05, 0) is 17.5 Å². The summed E-state index contributed by atoms with van der Waals surface area (Å²) in [5.74, 6) is 0. The first-order valence-corrected chi connectivity index (χ1v) is 4.54. The number of hydrogen-bond acceptors (Lipinski definition) is 1. The van der Waals surface area contributed by atoms with Gasteiger partial charge in [0.2, 0.25) is 12.4 Å². The van der Waals surface area contributed by atoms with Crippen LogP contribution in [0.3, 0.4) is 0 Å². The van der Waals surface area contributed by atoms with Crippen molar-refractivity contribution in [3.8, 4) is 0 Å². The fourth-order valence-corrected chi connectivity index (χ4v) is 1.33. The number of benzene rings is 1. The van der Waals surface area contributed by atoms with Crippen LogP contribution in [0.2, 0.25) is 0 Å². The van der Waals surface area contributed by atoms with Gasteiger partial charge in [0.15, 0.2) is 6.61 Å². The number of fused-ring (bicyclic) bond motifs is 1. The van der Waals surface area contributed by atoms with Crippen molar-refractivity contribution < 1.29 is 9.57 Å². The molecular weight excluding hydrogens is 174 g/mol. The van der Waals surface area contributed by atoms with Crippen LogP contribution in [0.1, 0.15) is 0 Å². The molecule has 0 unspecified atom stereocenters. The predicted octanol–water partition coefficient (Wildman–Crippen LogP) is 1.74. The Bertz CT molecular complexity index is 451. The Hall–Kier alpha value is -1.83. The summed E-state index contributed by atoms with van der Waals surface area (Å²) in [4.78, 5) is 5.36. The van der Waals surface area contributed by atoms with Crippen LogP contribution in [-0.4, -0.2) is 6.61 Å². The van der Waals surface area contributed by atoms with Gasteiger partial charge in [0.25, 0.3) is 0 Å². The Kier molecular flexibility index (Phi) is 2.45. The largest absolute Gasteiger partial charge is 0.267 e. The highest BCUT2D eigenvalue weighted by Crippen LogP contribution is 2.08. The highest BCUT2D eigenvalue weighted by atomic mass is 16.7. The standard InChI is InChI=1S/C12H12NO/c1-2-9-14-13-8-7-11-5-3-4-6-12(11)10-13/h2-8,10H,1,9H2/q+1. The third-order valence-corrected chi connectivity index (χ3v) is 2.00. The Labute approximate surface area is 83.0 Å². The average Bonchev–Trinajstić information content (AvgIpc) is 2.26. The molecule has 0 N–H and O–H groups in total. The molecule has 0 radical (unpaired) electrons. The lowest BCUT2D eigenvalue weighted by Gasteiger charge is -1.96. The third-order valence-electron chi connectivity index (χ3n) is 2.00. The molecule has 0 saturated heterocycles. The Balaban J connectivity index is 2.36. The maximum Gasteiger partial charge on any atom is 0.230 e. The quantitative estimate of drug-likeness (QED) is 0.525. The van der Waals surface area contributed by atoms with Crippen LogP contribution < -0.4 is 9.57 Å². The zero-order valence-electron chi connectivity index (χ0n) is 7.89. The van der Waals surface area contributed by atoms with E-state index in [1.54, 1.807) is 10.8 Å². The number of hydrogen-bond donors (Lipinski definition) is 0. The van der Waals surface area contributed by atoms with E-state index in [-0.39, 0.29) is 0 Å². The van der Waals surface area contributed by atoms with E-state index in [4.69, 9.17) is 4.84 Å². The first-order chi connectivity index (χ1) is 6.90. The molecule has 1 aromatic heterocycles. The molecule has 0 bridgehead atoms. The van der Waals surface area contributed by atoms with Gasteiger partial charge in [-0.15, -0.1) is 0 Å². The molecule has 0 saturated carbocycles. The van der Waals surface area contributed by atoms with Gasteiger partial charge < -0.3 is 0 Å². The maximum atomic E-state index is 5.36. The lowest BCUT2D eigenvalue weighted by molar-refractivity contribution is -0.888. The molecule has 0 aliphatic rings. The molecule has 0 fully saturated rings. The van der Waals surface area contributed by atoms with Crippen LogP contribution >= 0.6 is 0 Å². The summed E-state index contributed by atoms with van der Waals surface area (Å²) in [6.07, 6.45) is 5.58. The SMILES string of the molecule is C=CCO[n+]1ccc2ccccc2c1. The van der Waals surface area contributed by atoms with E-state index in [1.165, 1.54) is 10.8 Å². The predicted molar refractivity (Wildman–Crippen MR) is 55.8 cm³/mol. The summed E-state index contributed by atoms with van der Waals surface area (Å²) >= 11 is 0. The molecule has 0 amide bonds. The Morgan fingerprint density at radius 3 is 2.79 bits per heavy atom. The summed E-state index contributed by atoms with van der Waals surface area (Å²) in [5.41, 5.74) is 0. The van der Waals surface area contributed by atoms with E-state index in [1.807, 2.05) is 30.6 Å². The van der Waals surface area contributed by atoms with Gasteiger partial charge in [-0.3, -0.25) is 4.84 Å². The second kappa shape index (κ2) is 3.92. The molecule has 70 valence electrons. The molecule has 1 aromatic carbocycles. The van der Waals surface area contributed by atoms with Crippen molar-refractivity contribution in [1.82, 2.24) is 0 Å². The number of nitrogens with zero attached hydrogens (tertiary/aromatic N) is 1. The fraction of sp³-hybridized carbons (Fsp3) is 0.0833. The number of aromatic nitrogens is 1. The summed E-state index contributed by atoms with van der Waals surface area (Å²) in [6.45, 7) is 4.12. The van der Waals surface area contributed by atoms with Gasteiger partial charge in [-0.25, -0.2) is 0 Å². The molecule has 2 aromatic rings. The van der Waals surface area contributed by atoms with Crippen molar-refractivity contribution in [1.29, 1.82) is 0 Å². The van der Waals surface area contributed by atoms with Gasteiger partial charge in [0.1, 0.15) is 0 Å². The van der Waals surface area contributed by atoms with Crippen molar-refractivity contribution in [2.24, 2.45) is 0 Å². The van der Waals surface area contributed by atoms with Gasteiger partial charge in [0.05, 0.1) is 5.39 Å². The summed E-state index contributed by atoms with van der Waals surface area (Å²) in [6, 6.07) is 10.2. The normalized spacial score (nSPS) is 10.0. The van der Waals surface area contributed by atoms with Crippen LogP contribution in [-0.2, 0) is 0 Å². The van der Waals surface area contributed by atoms with Crippen molar-refractivity contribution >= 4 is 10.8 Å². The second-order valence-electron chi connectivity index (χ2n) is 3.02. The number of pyridine rings is 1. The van der Waals surface area contributed by atoms with Crippen molar-refractivity contribution in [3.63, 3.8) is 0 Å². The summed E-state index contributed by atoms with van der Waals surface area (Å²) in [5, 5.41) is 2.38. The summed E-state index contributed by atoms with van der Waals surface area (Å²) in [7, 11) is 0. The van der Waals surface area contributed by atoms with Gasteiger partial charge >= 0.3 is 0 Å². The molecule has 0 aliphatic carbocycles. The van der Waals surface area contributed by atoms with Crippen LogP contribution in [0.4, 0.5) is 0 Å². The minimum absolute atomic E-state index is 0.517. The van der Waals surface area contributed by atoms with Gasteiger partial charge in [-0.2, -0.15) is 0 Å². The van der Waals surface area contributed by atoms with E-state index in [9.17, 15) is 0 Å². The van der Waals surface area contributed by atoms with Crippen molar-refractivity contribution in [2.45, 2.75) is 0 Å². The van der Waals surface area contributed by atoms with Crippen LogP contribution in [0.15, 0.2) is 55.4 Å². The lowest BCUT2D eigenvalue weighted by atomic mass is 10.2. The van der Waals surface area contributed by atoms with Crippen LogP contribution in [0.5, 0.6) is 0 Å². The third kappa shape index (κ3) is 1.74. The maximum absolute atomic E-state index is 5.36. The van der Waals surface area contributed by atoms with Crippen LogP contribution in [0, 0.1) is 0 Å². The van der Waals surface area contributed by atoms with E-state index < -0.39 is 0 Å². The van der Waals surface area contributed by atoms with E-state index in [0.29, 0.717) is 6.61 Å². The molecule has 1 heterocycles. The monoisotopic (exact) mass is 186 g/mol. The fourth-order valence-electron chi connectivity index (χ4n) is 1.33. The second-order valence-corrected chi connectivity index (χ2v) is 3.02. The molecule has 0 atom stereocenters. The van der Waals surface area contributed by atoms with Gasteiger partial charge in [0, 0.05) is 10.8 Å². The van der Waals surface area contributed by atoms with E-state index in [2.05, 4.69) is 18.7 Å². The smallest absolute Gasteiger partial charge is 0.230 e. The first kappa shape index (κ1) is 8.75. The Morgan fingerprint density at radius 2 is 2.00 bits per heavy atom. The zero-order chi connectivity index (χ0) is 9.80. The topological polar surface area (TPSA) is 13.1 Å². The first-order valence-electron chi connectivity index (χ1n) is 4.54. The average molecular weight is 186 g/mol. The van der Waals surface area contributed by atoms with Crippen molar-refractivity contribution in [2.75, 3.05) is 6.61 Å². The van der Waals surface area contributed by atoms with E-state index in [0.717, 1.165) is 0 Å². The Morgan fingerprint density at radius 1 is 1.21 bits per heavy atom. The number of rotatable bonds is 3.